The van der Waals surface area contributed by atoms with Gasteiger partial charge in [0.05, 0.1) is 5.69 Å². The molecule has 1 aromatic rings. The molecule has 1 aliphatic rings. The molecule has 0 fully saturated rings. The van der Waals surface area contributed by atoms with Gasteiger partial charge in [-0.25, -0.2) is 9.97 Å². The van der Waals surface area contributed by atoms with Crippen molar-refractivity contribution < 1.29 is 0 Å². The Morgan fingerprint density at radius 3 is 2.93 bits per heavy atom. The molecule has 1 aliphatic heterocycles. The predicted molar refractivity (Wildman–Crippen MR) is 63.7 cm³/mol. The van der Waals surface area contributed by atoms with Gasteiger partial charge >= 0.3 is 0 Å². The van der Waals surface area contributed by atoms with Gasteiger partial charge in [-0.15, -0.1) is 0 Å². The molecule has 2 heterocycles. The van der Waals surface area contributed by atoms with Crippen molar-refractivity contribution in [3.8, 4) is 0 Å². The maximum Gasteiger partial charge on any atom is 0.130 e. The zero-order valence-corrected chi connectivity index (χ0v) is 10.8. The Bertz CT molecular complexity index is 363. The van der Waals surface area contributed by atoms with E-state index in [9.17, 15) is 0 Å². The minimum atomic E-state index is 0.608. The molecule has 0 spiro atoms. The number of nitrogens with zero attached hydrogens (tertiary/aromatic N) is 2. The van der Waals surface area contributed by atoms with Crippen molar-refractivity contribution in [3.63, 3.8) is 0 Å². The highest BCUT2D eigenvalue weighted by Crippen LogP contribution is 2.21. The van der Waals surface area contributed by atoms with Gasteiger partial charge in [-0.2, -0.15) is 0 Å². The second-order valence-electron chi connectivity index (χ2n) is 4.38. The molecule has 0 unspecified atom stereocenters. The lowest BCUT2D eigenvalue weighted by atomic mass is 10.1. The molecule has 0 amide bonds. The third kappa shape index (κ3) is 2.55. The topological polar surface area (TPSA) is 37.8 Å². The van der Waals surface area contributed by atoms with E-state index in [1.807, 2.05) is 0 Å². The number of aromatic nitrogens is 2. The summed E-state index contributed by atoms with van der Waals surface area (Å²) < 4.78 is 0.968. The summed E-state index contributed by atoms with van der Waals surface area (Å²) in [5, 5.41) is 3.33. The molecule has 0 atom stereocenters. The van der Waals surface area contributed by atoms with Crippen molar-refractivity contribution in [1.82, 2.24) is 15.3 Å². The Morgan fingerprint density at radius 1 is 1.40 bits per heavy atom. The summed E-state index contributed by atoms with van der Waals surface area (Å²) in [5.41, 5.74) is 2.44. The molecule has 0 aliphatic carbocycles. The first kappa shape index (κ1) is 11.0. The van der Waals surface area contributed by atoms with Crippen LogP contribution in [0.2, 0.25) is 0 Å². The molecule has 2 rings (SSSR count). The first-order valence-electron chi connectivity index (χ1n) is 5.41. The Kier molecular flexibility index (Phi) is 3.36. The monoisotopic (exact) mass is 269 g/mol. The molecule has 4 heteroatoms. The van der Waals surface area contributed by atoms with Crippen LogP contribution in [-0.2, 0) is 19.4 Å². The van der Waals surface area contributed by atoms with Gasteiger partial charge in [0.1, 0.15) is 10.4 Å². The molecule has 0 saturated carbocycles. The van der Waals surface area contributed by atoms with E-state index < -0.39 is 0 Å². The highest BCUT2D eigenvalue weighted by molar-refractivity contribution is 9.10. The van der Waals surface area contributed by atoms with Crippen LogP contribution >= 0.6 is 15.9 Å². The van der Waals surface area contributed by atoms with E-state index in [-0.39, 0.29) is 0 Å². The van der Waals surface area contributed by atoms with Crippen molar-refractivity contribution in [2.45, 2.75) is 33.2 Å². The molecular formula is C11H16BrN3. The van der Waals surface area contributed by atoms with Gasteiger partial charge in [-0.3, -0.25) is 0 Å². The second-order valence-corrected chi connectivity index (χ2v) is 5.13. The molecule has 0 saturated heterocycles. The van der Waals surface area contributed by atoms with Crippen molar-refractivity contribution in [2.24, 2.45) is 5.92 Å². The summed E-state index contributed by atoms with van der Waals surface area (Å²) in [6.45, 7) is 6.30. The third-order valence-corrected chi connectivity index (χ3v) is 3.18. The highest BCUT2D eigenvalue weighted by Gasteiger charge is 2.16. The Morgan fingerprint density at radius 2 is 2.20 bits per heavy atom. The summed E-state index contributed by atoms with van der Waals surface area (Å²) in [6.07, 6.45) is 1.97. The maximum atomic E-state index is 4.63. The van der Waals surface area contributed by atoms with Crippen LogP contribution in [0.3, 0.4) is 0 Å². The fraction of sp³-hybridized carbons (Fsp3) is 0.636. The quantitative estimate of drug-likeness (QED) is 0.836. The molecule has 1 aromatic heterocycles. The van der Waals surface area contributed by atoms with E-state index in [0.717, 1.165) is 36.4 Å². The lowest BCUT2D eigenvalue weighted by molar-refractivity contribution is 0.587. The van der Waals surface area contributed by atoms with E-state index in [0.29, 0.717) is 5.92 Å². The van der Waals surface area contributed by atoms with Crippen molar-refractivity contribution in [3.05, 3.63) is 21.7 Å². The van der Waals surface area contributed by atoms with Crippen LogP contribution in [0.4, 0.5) is 0 Å². The molecule has 3 nitrogen and oxygen atoms in total. The summed E-state index contributed by atoms with van der Waals surface area (Å²) in [4.78, 5) is 9.13. The summed E-state index contributed by atoms with van der Waals surface area (Å²) in [5.74, 6) is 1.58. The molecule has 0 radical (unpaired) electrons. The van der Waals surface area contributed by atoms with E-state index in [2.05, 4.69) is 45.1 Å². The van der Waals surface area contributed by atoms with E-state index in [1.54, 1.807) is 0 Å². The van der Waals surface area contributed by atoms with Crippen LogP contribution in [0.15, 0.2) is 4.60 Å². The number of nitrogens with one attached hydrogen (secondary N) is 1. The van der Waals surface area contributed by atoms with Crippen molar-refractivity contribution in [2.75, 3.05) is 6.54 Å². The summed E-state index contributed by atoms with van der Waals surface area (Å²) in [7, 11) is 0. The SMILES string of the molecule is CC(C)Cc1nc(Br)c2c(n1)CCNC2. The zero-order valence-electron chi connectivity index (χ0n) is 9.18. The molecule has 1 N–H and O–H groups in total. The number of halogens is 1. The van der Waals surface area contributed by atoms with Gasteiger partial charge in [0.2, 0.25) is 0 Å². The van der Waals surface area contributed by atoms with Gasteiger partial charge in [-0.05, 0) is 21.8 Å². The van der Waals surface area contributed by atoms with Gasteiger partial charge in [0.15, 0.2) is 0 Å². The lowest BCUT2D eigenvalue weighted by Crippen LogP contribution is -2.26. The van der Waals surface area contributed by atoms with Crippen LogP contribution in [-0.4, -0.2) is 16.5 Å². The average molecular weight is 270 g/mol. The second kappa shape index (κ2) is 4.58. The predicted octanol–water partition coefficient (Wildman–Crippen LogP) is 2.08. The fourth-order valence-electron chi connectivity index (χ4n) is 1.81. The molecule has 0 aromatic carbocycles. The Balaban J connectivity index is 2.32. The maximum absolute atomic E-state index is 4.63. The third-order valence-electron chi connectivity index (χ3n) is 2.52. The summed E-state index contributed by atoms with van der Waals surface area (Å²) >= 11 is 3.53. The normalized spacial score (nSPS) is 15.5. The van der Waals surface area contributed by atoms with Crippen molar-refractivity contribution in [1.29, 1.82) is 0 Å². The van der Waals surface area contributed by atoms with E-state index in [4.69, 9.17) is 0 Å². The van der Waals surface area contributed by atoms with Gasteiger partial charge < -0.3 is 5.32 Å². The smallest absolute Gasteiger partial charge is 0.130 e. The van der Waals surface area contributed by atoms with Crippen LogP contribution in [0.5, 0.6) is 0 Å². The standard InChI is InChI=1S/C11H16BrN3/c1-7(2)5-10-14-9-3-4-13-6-8(9)11(12)15-10/h7,13H,3-6H2,1-2H3. The number of rotatable bonds is 2. The van der Waals surface area contributed by atoms with E-state index >= 15 is 0 Å². The minimum absolute atomic E-state index is 0.608. The van der Waals surface area contributed by atoms with Crippen LogP contribution in [0.1, 0.15) is 30.9 Å². The largest absolute Gasteiger partial charge is 0.312 e. The highest BCUT2D eigenvalue weighted by atomic mass is 79.9. The minimum Gasteiger partial charge on any atom is -0.312 e. The number of hydrogen-bond donors (Lipinski definition) is 1. The molecule has 15 heavy (non-hydrogen) atoms. The van der Waals surface area contributed by atoms with Crippen LogP contribution < -0.4 is 5.32 Å². The van der Waals surface area contributed by atoms with Crippen molar-refractivity contribution >= 4 is 15.9 Å². The summed E-state index contributed by atoms with van der Waals surface area (Å²) in [6, 6.07) is 0. The molecule has 82 valence electrons. The van der Waals surface area contributed by atoms with Crippen LogP contribution in [0, 0.1) is 5.92 Å². The first-order chi connectivity index (χ1) is 7.16. The van der Waals surface area contributed by atoms with Gasteiger partial charge in [0.25, 0.3) is 0 Å². The molecular weight excluding hydrogens is 254 g/mol. The Hall–Kier alpha value is -0.480. The Labute approximate surface area is 98.8 Å². The van der Waals surface area contributed by atoms with Crippen LogP contribution in [0.25, 0.3) is 0 Å². The fourth-order valence-corrected chi connectivity index (χ4v) is 2.38. The number of hydrogen-bond acceptors (Lipinski definition) is 3. The molecule has 0 bridgehead atoms. The van der Waals surface area contributed by atoms with Gasteiger partial charge in [0, 0.05) is 31.5 Å². The number of fused-ring (bicyclic) bond motifs is 1. The van der Waals surface area contributed by atoms with E-state index in [1.165, 1.54) is 11.3 Å². The first-order valence-corrected chi connectivity index (χ1v) is 6.21. The van der Waals surface area contributed by atoms with Gasteiger partial charge in [-0.1, -0.05) is 13.8 Å². The average Bonchev–Trinajstić information content (AvgIpc) is 2.16. The lowest BCUT2D eigenvalue weighted by Gasteiger charge is -2.18. The zero-order chi connectivity index (χ0) is 10.8.